The lowest BCUT2D eigenvalue weighted by Crippen LogP contribution is -2.69. The molecule has 1 saturated carbocycles. The molecule has 6 rings (SSSR count). The second kappa shape index (κ2) is 6.06. The van der Waals surface area contributed by atoms with Gasteiger partial charge in [-0.25, -0.2) is 0 Å². The highest BCUT2D eigenvalue weighted by Crippen LogP contribution is 2.66. The summed E-state index contributed by atoms with van der Waals surface area (Å²) in [5.74, 6) is -1.11. The van der Waals surface area contributed by atoms with Gasteiger partial charge in [0.25, 0.3) is 0 Å². The summed E-state index contributed by atoms with van der Waals surface area (Å²) in [7, 11) is -3.73. The molecule has 1 aromatic carbocycles. The summed E-state index contributed by atoms with van der Waals surface area (Å²) >= 11 is 0. The standard InChI is InChI=1S/C20H22F3NO6S/c1-24-7-6-18-12-4-5-19(27-8-9-28-19)17(18)29-16-14(30-31(25,26)20(21,22)23)3-2-11(15(16)18)10-13(12)24/h2-3,12-13,17H,4-10H2,1H3. The maximum Gasteiger partial charge on any atom is 0.534 e. The smallest absolute Gasteiger partial charge is 0.480 e. The maximum absolute atomic E-state index is 13.0. The van der Waals surface area contributed by atoms with E-state index in [9.17, 15) is 21.6 Å². The van der Waals surface area contributed by atoms with Gasteiger partial charge in [0.1, 0.15) is 0 Å². The first-order valence-corrected chi connectivity index (χ1v) is 11.8. The normalized spacial score (nSPS) is 35.7. The molecule has 11 heteroatoms. The summed E-state index contributed by atoms with van der Waals surface area (Å²) in [4.78, 5) is 2.33. The van der Waals surface area contributed by atoms with Crippen molar-refractivity contribution in [3.63, 3.8) is 0 Å². The zero-order valence-corrected chi connectivity index (χ0v) is 17.6. The number of ether oxygens (including phenoxy) is 3. The molecule has 31 heavy (non-hydrogen) atoms. The zero-order valence-electron chi connectivity index (χ0n) is 16.8. The summed E-state index contributed by atoms with van der Waals surface area (Å²) in [6, 6.07) is 3.21. The van der Waals surface area contributed by atoms with E-state index in [0.29, 0.717) is 19.6 Å². The Morgan fingerprint density at radius 1 is 1.19 bits per heavy atom. The van der Waals surface area contributed by atoms with Crippen molar-refractivity contribution in [3.8, 4) is 11.5 Å². The van der Waals surface area contributed by atoms with Crippen molar-refractivity contribution in [2.45, 2.75) is 54.5 Å². The number of rotatable bonds is 2. The fourth-order valence-electron chi connectivity index (χ4n) is 6.70. The van der Waals surface area contributed by atoms with E-state index in [2.05, 4.69) is 16.1 Å². The van der Waals surface area contributed by atoms with E-state index in [1.54, 1.807) is 6.07 Å². The monoisotopic (exact) mass is 461 g/mol. The van der Waals surface area contributed by atoms with Crippen molar-refractivity contribution in [1.82, 2.24) is 4.90 Å². The van der Waals surface area contributed by atoms with E-state index in [4.69, 9.17) is 14.2 Å². The first kappa shape index (κ1) is 20.1. The number of hydrogen-bond donors (Lipinski definition) is 0. The largest absolute Gasteiger partial charge is 0.534 e. The van der Waals surface area contributed by atoms with Crippen LogP contribution in [0.3, 0.4) is 0 Å². The number of likely N-dealkylation sites (tertiary alicyclic amines) is 1. The highest BCUT2D eigenvalue weighted by Gasteiger charge is 2.71. The third kappa shape index (κ3) is 2.43. The van der Waals surface area contributed by atoms with Crippen LogP contribution < -0.4 is 8.92 Å². The van der Waals surface area contributed by atoms with Crippen LogP contribution in [-0.2, 0) is 31.4 Å². The first-order chi connectivity index (χ1) is 14.6. The van der Waals surface area contributed by atoms with Crippen LogP contribution in [0, 0.1) is 5.92 Å². The van der Waals surface area contributed by atoms with Crippen LogP contribution in [0.5, 0.6) is 11.5 Å². The SMILES string of the molecule is CN1CCC23c4c5ccc(OS(=O)(=O)C(F)(F)F)c4OC2C2(CCC3C1C5)OCCO2. The molecule has 3 heterocycles. The summed E-state index contributed by atoms with van der Waals surface area (Å²) in [5.41, 5.74) is -4.30. The molecular formula is C20H22F3NO6S. The molecule has 0 N–H and O–H groups in total. The maximum atomic E-state index is 13.0. The van der Waals surface area contributed by atoms with Gasteiger partial charge in [-0.2, -0.15) is 21.6 Å². The Hall–Kier alpha value is -1.56. The highest BCUT2D eigenvalue weighted by molar-refractivity contribution is 7.88. The van der Waals surface area contributed by atoms with Gasteiger partial charge in [0.2, 0.25) is 5.79 Å². The van der Waals surface area contributed by atoms with Crippen LogP contribution in [0.4, 0.5) is 13.2 Å². The van der Waals surface area contributed by atoms with Crippen molar-refractivity contribution >= 4 is 10.1 Å². The van der Waals surface area contributed by atoms with E-state index in [0.717, 1.165) is 36.9 Å². The van der Waals surface area contributed by atoms with Crippen molar-refractivity contribution in [2.24, 2.45) is 5.92 Å². The minimum absolute atomic E-state index is 0.0868. The number of likely N-dealkylation sites (N-methyl/N-ethyl adjacent to an activating group) is 1. The number of halogens is 3. The molecule has 2 bridgehead atoms. The number of hydrogen-bond acceptors (Lipinski definition) is 7. The molecule has 0 aromatic heterocycles. The van der Waals surface area contributed by atoms with Gasteiger partial charge in [-0.1, -0.05) is 6.07 Å². The van der Waals surface area contributed by atoms with E-state index in [-0.39, 0.29) is 17.7 Å². The molecule has 2 spiro atoms. The molecule has 4 unspecified atom stereocenters. The fraction of sp³-hybridized carbons (Fsp3) is 0.700. The van der Waals surface area contributed by atoms with Crippen LogP contribution in [0.1, 0.15) is 30.4 Å². The minimum Gasteiger partial charge on any atom is -0.480 e. The molecule has 3 fully saturated rings. The second-order valence-electron chi connectivity index (χ2n) is 9.10. The summed E-state index contributed by atoms with van der Waals surface area (Å²) in [5, 5.41) is 0. The summed E-state index contributed by atoms with van der Waals surface area (Å²) in [6.07, 6.45) is 2.33. The van der Waals surface area contributed by atoms with Gasteiger partial charge < -0.3 is 23.3 Å². The fourth-order valence-corrected chi connectivity index (χ4v) is 7.16. The Bertz CT molecular complexity index is 1050. The molecule has 170 valence electrons. The quantitative estimate of drug-likeness (QED) is 0.494. The lowest BCUT2D eigenvalue weighted by atomic mass is 9.50. The average Bonchev–Trinajstić information content (AvgIpc) is 3.30. The van der Waals surface area contributed by atoms with Crippen LogP contribution in [-0.4, -0.2) is 63.6 Å². The Labute approximate surface area is 177 Å². The van der Waals surface area contributed by atoms with Gasteiger partial charge in [0.15, 0.2) is 17.6 Å². The lowest BCUT2D eigenvalue weighted by molar-refractivity contribution is -0.260. The molecule has 0 radical (unpaired) electrons. The minimum atomic E-state index is -5.82. The molecule has 2 aliphatic carbocycles. The Morgan fingerprint density at radius 3 is 2.65 bits per heavy atom. The molecule has 3 aliphatic heterocycles. The van der Waals surface area contributed by atoms with Crippen molar-refractivity contribution in [3.05, 3.63) is 23.3 Å². The van der Waals surface area contributed by atoms with Crippen LogP contribution in [0.2, 0.25) is 0 Å². The lowest BCUT2D eigenvalue weighted by Gasteiger charge is -2.60. The summed E-state index contributed by atoms with van der Waals surface area (Å²) < 4.78 is 85.5. The molecule has 4 atom stereocenters. The number of benzene rings is 1. The van der Waals surface area contributed by atoms with Crippen molar-refractivity contribution in [2.75, 3.05) is 26.8 Å². The number of piperidine rings is 1. The molecule has 0 amide bonds. The van der Waals surface area contributed by atoms with Crippen LogP contribution >= 0.6 is 0 Å². The van der Waals surface area contributed by atoms with Gasteiger partial charge in [-0.05, 0) is 50.4 Å². The average molecular weight is 461 g/mol. The van der Waals surface area contributed by atoms with Gasteiger partial charge in [-0.15, -0.1) is 0 Å². The predicted octanol–water partition coefficient (Wildman–Crippen LogP) is 2.33. The van der Waals surface area contributed by atoms with Gasteiger partial charge in [0, 0.05) is 23.4 Å². The molecular weight excluding hydrogens is 439 g/mol. The zero-order chi connectivity index (χ0) is 21.8. The van der Waals surface area contributed by atoms with Crippen molar-refractivity contribution < 1.29 is 40.0 Å². The van der Waals surface area contributed by atoms with Gasteiger partial charge in [0.05, 0.1) is 13.2 Å². The Balaban J connectivity index is 1.54. The summed E-state index contributed by atoms with van der Waals surface area (Å²) in [6.45, 7) is 1.62. The van der Waals surface area contributed by atoms with Crippen molar-refractivity contribution in [1.29, 1.82) is 0 Å². The van der Waals surface area contributed by atoms with Gasteiger partial charge >= 0.3 is 15.6 Å². The highest BCUT2D eigenvalue weighted by atomic mass is 32.2. The third-order valence-corrected chi connectivity index (χ3v) is 8.80. The van der Waals surface area contributed by atoms with E-state index >= 15 is 0 Å². The topological polar surface area (TPSA) is 74.3 Å². The second-order valence-corrected chi connectivity index (χ2v) is 10.6. The molecule has 1 aromatic rings. The Morgan fingerprint density at radius 2 is 1.94 bits per heavy atom. The van der Waals surface area contributed by atoms with Crippen LogP contribution in [0.25, 0.3) is 0 Å². The predicted molar refractivity (Wildman–Crippen MR) is 100 cm³/mol. The molecule has 7 nitrogen and oxygen atoms in total. The first-order valence-electron chi connectivity index (χ1n) is 10.4. The number of fused-ring (bicyclic) bond motifs is 1. The Kier molecular flexibility index (Phi) is 3.93. The molecule has 5 aliphatic rings. The van der Waals surface area contributed by atoms with E-state index in [1.807, 2.05) is 0 Å². The van der Waals surface area contributed by atoms with E-state index < -0.39 is 38.7 Å². The van der Waals surface area contributed by atoms with Crippen LogP contribution in [0.15, 0.2) is 12.1 Å². The number of alkyl halides is 3. The van der Waals surface area contributed by atoms with E-state index in [1.165, 1.54) is 6.07 Å². The third-order valence-electron chi connectivity index (χ3n) is 7.84. The molecule has 2 saturated heterocycles. The number of nitrogens with zero attached hydrogens (tertiary/aromatic N) is 1. The van der Waals surface area contributed by atoms with Gasteiger partial charge in [-0.3, -0.25) is 0 Å².